The molecule has 5 nitrogen and oxygen atoms in total. The first-order chi connectivity index (χ1) is 12.0. The van der Waals surface area contributed by atoms with Gasteiger partial charge in [0.25, 0.3) is 5.56 Å². The van der Waals surface area contributed by atoms with Crippen molar-refractivity contribution in [2.45, 2.75) is 27.0 Å². The van der Waals surface area contributed by atoms with Gasteiger partial charge in [0.1, 0.15) is 16.3 Å². The molecule has 0 saturated heterocycles. The van der Waals surface area contributed by atoms with E-state index in [2.05, 4.69) is 11.6 Å². The number of allylic oxidation sites excluding steroid dienone is 1. The molecule has 3 rings (SSSR count). The number of thiophene rings is 1. The summed E-state index contributed by atoms with van der Waals surface area (Å²) in [6, 6.07) is 9.47. The number of carbonyl (C=O) groups is 1. The van der Waals surface area contributed by atoms with Crippen molar-refractivity contribution in [2.75, 3.05) is 0 Å². The number of esters is 1. The van der Waals surface area contributed by atoms with E-state index in [1.54, 1.807) is 6.92 Å². The molecular formula is C19H18N2O3S. The van der Waals surface area contributed by atoms with Crippen molar-refractivity contribution in [3.63, 3.8) is 0 Å². The van der Waals surface area contributed by atoms with Crippen LogP contribution in [0.5, 0.6) is 0 Å². The minimum Gasteiger partial charge on any atom is -0.457 e. The predicted molar refractivity (Wildman–Crippen MR) is 99.0 cm³/mol. The van der Waals surface area contributed by atoms with Crippen LogP contribution in [0.4, 0.5) is 0 Å². The van der Waals surface area contributed by atoms with Gasteiger partial charge in [-0.1, -0.05) is 42.5 Å². The van der Waals surface area contributed by atoms with Crippen molar-refractivity contribution >= 4 is 27.5 Å². The molecular weight excluding hydrogens is 336 g/mol. The third-order valence-electron chi connectivity index (χ3n) is 3.76. The number of nitrogens with zero attached hydrogens (tertiary/aromatic N) is 2. The number of benzene rings is 1. The number of hydrogen-bond acceptors (Lipinski definition) is 5. The van der Waals surface area contributed by atoms with Gasteiger partial charge in [0.2, 0.25) is 0 Å². The molecule has 0 saturated carbocycles. The molecule has 3 aromatic rings. The van der Waals surface area contributed by atoms with Gasteiger partial charge in [0.15, 0.2) is 0 Å². The fraction of sp³-hybridized carbons (Fsp3) is 0.211. The number of fused-ring (bicyclic) bond motifs is 1. The van der Waals surface area contributed by atoms with E-state index in [-0.39, 0.29) is 12.2 Å². The van der Waals surface area contributed by atoms with E-state index in [9.17, 15) is 9.59 Å². The lowest BCUT2D eigenvalue weighted by Crippen LogP contribution is -2.21. The molecule has 25 heavy (non-hydrogen) atoms. The molecule has 0 aliphatic carbocycles. The second kappa shape index (κ2) is 7.03. The quantitative estimate of drug-likeness (QED) is 0.518. The Hall–Kier alpha value is -2.73. The Morgan fingerprint density at radius 3 is 2.72 bits per heavy atom. The number of aryl methyl sites for hydroxylation is 1. The molecule has 2 heterocycles. The molecule has 0 amide bonds. The first-order valence-corrected chi connectivity index (χ1v) is 8.63. The molecule has 0 spiro atoms. The molecule has 0 bridgehead atoms. The maximum absolute atomic E-state index is 12.6. The highest BCUT2D eigenvalue weighted by Gasteiger charge is 2.20. The standard InChI is InChI=1S/C19H18N2O3S/c1-12(2)9-21-11-20-17-15(18(21)22)13(3)16(25-17)19(23)24-10-14-7-5-4-6-8-14/h4-8,11H,1,9-10H2,2-3H3. The lowest BCUT2D eigenvalue weighted by atomic mass is 10.2. The fourth-order valence-electron chi connectivity index (χ4n) is 2.55. The number of hydrogen-bond donors (Lipinski definition) is 0. The van der Waals surface area contributed by atoms with E-state index in [0.29, 0.717) is 27.2 Å². The van der Waals surface area contributed by atoms with Gasteiger partial charge >= 0.3 is 5.97 Å². The van der Waals surface area contributed by atoms with Crippen LogP contribution in [0.2, 0.25) is 0 Å². The van der Waals surface area contributed by atoms with Crippen molar-refractivity contribution in [3.05, 3.63) is 75.2 Å². The third kappa shape index (κ3) is 3.53. The zero-order chi connectivity index (χ0) is 18.0. The van der Waals surface area contributed by atoms with E-state index in [4.69, 9.17) is 4.74 Å². The summed E-state index contributed by atoms with van der Waals surface area (Å²) in [6.07, 6.45) is 1.49. The zero-order valence-electron chi connectivity index (χ0n) is 14.1. The molecule has 0 fully saturated rings. The van der Waals surface area contributed by atoms with Crippen LogP contribution in [-0.4, -0.2) is 15.5 Å². The first kappa shape index (κ1) is 17.1. The van der Waals surface area contributed by atoms with Gasteiger partial charge in [-0.25, -0.2) is 9.78 Å². The summed E-state index contributed by atoms with van der Waals surface area (Å²) in [5.41, 5.74) is 2.23. The second-order valence-corrected chi connectivity index (χ2v) is 6.93. The minimum atomic E-state index is -0.435. The van der Waals surface area contributed by atoms with Crippen LogP contribution in [0.1, 0.15) is 27.7 Å². The fourth-order valence-corrected chi connectivity index (χ4v) is 3.58. The second-order valence-electron chi connectivity index (χ2n) is 5.93. The van der Waals surface area contributed by atoms with Crippen LogP contribution >= 0.6 is 11.3 Å². The lowest BCUT2D eigenvalue weighted by Gasteiger charge is -2.05. The minimum absolute atomic E-state index is 0.163. The number of aromatic nitrogens is 2. The van der Waals surface area contributed by atoms with Gasteiger partial charge in [-0.15, -0.1) is 11.3 Å². The van der Waals surface area contributed by atoms with Gasteiger partial charge in [-0.3, -0.25) is 9.36 Å². The highest BCUT2D eigenvalue weighted by molar-refractivity contribution is 7.20. The van der Waals surface area contributed by atoms with Gasteiger partial charge in [0.05, 0.1) is 11.7 Å². The van der Waals surface area contributed by atoms with Crippen molar-refractivity contribution in [1.29, 1.82) is 0 Å². The monoisotopic (exact) mass is 354 g/mol. The molecule has 128 valence electrons. The van der Waals surface area contributed by atoms with Crippen LogP contribution in [-0.2, 0) is 17.9 Å². The maximum Gasteiger partial charge on any atom is 0.349 e. The maximum atomic E-state index is 12.6. The third-order valence-corrected chi connectivity index (χ3v) is 4.94. The summed E-state index contributed by atoms with van der Waals surface area (Å²) in [5, 5.41) is 0.473. The lowest BCUT2D eigenvalue weighted by molar-refractivity contribution is 0.0478. The highest BCUT2D eigenvalue weighted by atomic mass is 32.1. The molecule has 6 heteroatoms. The summed E-state index contributed by atoms with van der Waals surface area (Å²) >= 11 is 1.19. The Labute approximate surface area is 149 Å². The van der Waals surface area contributed by atoms with Crippen LogP contribution in [0, 0.1) is 6.92 Å². The Morgan fingerprint density at radius 2 is 2.04 bits per heavy atom. The number of carbonyl (C=O) groups excluding carboxylic acids is 1. The van der Waals surface area contributed by atoms with Crippen LogP contribution in [0.15, 0.2) is 53.6 Å². The van der Waals surface area contributed by atoms with Crippen LogP contribution < -0.4 is 5.56 Å². The van der Waals surface area contributed by atoms with E-state index in [1.807, 2.05) is 37.3 Å². The normalized spacial score (nSPS) is 10.8. The molecule has 1 aromatic carbocycles. The predicted octanol–water partition coefficient (Wildman–Crippen LogP) is 3.70. The van der Waals surface area contributed by atoms with E-state index < -0.39 is 5.97 Å². The van der Waals surface area contributed by atoms with Gasteiger partial charge < -0.3 is 4.74 Å². The van der Waals surface area contributed by atoms with Gasteiger partial charge in [0, 0.05) is 6.54 Å². The average Bonchev–Trinajstić information content (AvgIpc) is 2.93. The Balaban J connectivity index is 1.90. The van der Waals surface area contributed by atoms with Gasteiger partial charge in [-0.05, 0) is 25.0 Å². The SMILES string of the molecule is C=C(C)Cn1cnc2sc(C(=O)OCc3ccccc3)c(C)c2c1=O. The molecule has 0 radical (unpaired) electrons. The summed E-state index contributed by atoms with van der Waals surface area (Å²) in [7, 11) is 0. The van der Waals surface area contributed by atoms with E-state index in [1.165, 1.54) is 22.2 Å². The Bertz CT molecular complexity index is 1000. The Morgan fingerprint density at radius 1 is 1.32 bits per heavy atom. The molecule has 0 unspecified atom stereocenters. The Kier molecular flexibility index (Phi) is 4.81. The summed E-state index contributed by atoms with van der Waals surface area (Å²) in [6.45, 7) is 8.03. The molecule has 2 aromatic heterocycles. The smallest absolute Gasteiger partial charge is 0.349 e. The largest absolute Gasteiger partial charge is 0.457 e. The van der Waals surface area contributed by atoms with Crippen LogP contribution in [0.25, 0.3) is 10.2 Å². The summed E-state index contributed by atoms with van der Waals surface area (Å²) in [4.78, 5) is 30.3. The van der Waals surface area contributed by atoms with E-state index >= 15 is 0 Å². The van der Waals surface area contributed by atoms with Crippen LogP contribution in [0.3, 0.4) is 0 Å². The van der Waals surface area contributed by atoms with E-state index in [0.717, 1.165) is 11.1 Å². The molecule has 0 aliphatic rings. The molecule has 0 N–H and O–H groups in total. The number of ether oxygens (including phenoxy) is 1. The van der Waals surface area contributed by atoms with Gasteiger partial charge in [-0.2, -0.15) is 0 Å². The van der Waals surface area contributed by atoms with Crippen molar-refractivity contribution in [1.82, 2.24) is 9.55 Å². The highest BCUT2D eigenvalue weighted by Crippen LogP contribution is 2.27. The average molecular weight is 354 g/mol. The summed E-state index contributed by atoms with van der Waals surface area (Å²) < 4.78 is 6.88. The van der Waals surface area contributed by atoms with Crippen molar-refractivity contribution < 1.29 is 9.53 Å². The van der Waals surface area contributed by atoms with Crippen molar-refractivity contribution in [2.24, 2.45) is 0 Å². The molecule has 0 aliphatic heterocycles. The first-order valence-electron chi connectivity index (χ1n) is 7.81. The summed E-state index contributed by atoms with van der Waals surface area (Å²) in [5.74, 6) is -0.435. The topological polar surface area (TPSA) is 61.2 Å². The molecule has 0 atom stereocenters. The number of rotatable bonds is 5. The zero-order valence-corrected chi connectivity index (χ0v) is 14.9. The van der Waals surface area contributed by atoms with Crippen molar-refractivity contribution in [3.8, 4) is 0 Å².